The van der Waals surface area contributed by atoms with Crippen LogP contribution in [-0.2, 0) is 26.2 Å². The number of nitrogens with one attached hydrogen (secondary N) is 1. The molecule has 7 nitrogen and oxygen atoms in total. The van der Waals surface area contributed by atoms with Gasteiger partial charge in [0, 0.05) is 35.7 Å². The normalized spacial score (nSPS) is 12.5. The van der Waals surface area contributed by atoms with Crippen molar-refractivity contribution >= 4 is 55.8 Å². The van der Waals surface area contributed by atoms with Crippen molar-refractivity contribution in [3.63, 3.8) is 0 Å². The lowest BCUT2D eigenvalue weighted by molar-refractivity contribution is -0.140. The SMILES string of the molecule is CCCNC(=O)[C@@H](C)N(Cc1c(Cl)cccc1Cl)C(=O)CN(C)S(=O)(=O)c1ccc2ccccc2c1. The predicted octanol–water partition coefficient (Wildman–Crippen LogP) is 4.71. The van der Waals surface area contributed by atoms with Crippen molar-refractivity contribution in [2.45, 2.75) is 37.8 Å². The maximum atomic E-state index is 13.4. The highest BCUT2D eigenvalue weighted by Crippen LogP contribution is 2.27. The van der Waals surface area contributed by atoms with Gasteiger partial charge >= 0.3 is 0 Å². The molecule has 0 unspecified atom stereocenters. The van der Waals surface area contributed by atoms with Gasteiger partial charge in [0.05, 0.1) is 11.4 Å². The molecule has 0 fully saturated rings. The van der Waals surface area contributed by atoms with E-state index < -0.39 is 28.5 Å². The Kier molecular flexibility index (Phi) is 9.35. The van der Waals surface area contributed by atoms with Gasteiger partial charge in [-0.2, -0.15) is 4.31 Å². The first-order valence-electron chi connectivity index (χ1n) is 11.5. The summed E-state index contributed by atoms with van der Waals surface area (Å²) in [5.41, 5.74) is 0.476. The molecule has 0 bridgehead atoms. The molecule has 3 aromatic rings. The summed E-state index contributed by atoms with van der Waals surface area (Å²) < 4.78 is 27.5. The number of sulfonamides is 1. The Balaban J connectivity index is 1.88. The van der Waals surface area contributed by atoms with Gasteiger partial charge in [-0.1, -0.05) is 66.5 Å². The number of hydrogen-bond donors (Lipinski definition) is 1. The van der Waals surface area contributed by atoms with E-state index in [2.05, 4.69) is 5.32 Å². The quantitative estimate of drug-likeness (QED) is 0.396. The summed E-state index contributed by atoms with van der Waals surface area (Å²) in [6, 6.07) is 16.3. The van der Waals surface area contributed by atoms with Crippen molar-refractivity contribution in [3.05, 3.63) is 76.3 Å². The Labute approximate surface area is 222 Å². The van der Waals surface area contributed by atoms with Gasteiger partial charge in [0.1, 0.15) is 6.04 Å². The third-order valence-corrected chi connectivity index (χ3v) is 8.40. The zero-order valence-corrected chi connectivity index (χ0v) is 22.7. The van der Waals surface area contributed by atoms with Crippen LogP contribution in [0.15, 0.2) is 65.6 Å². The Morgan fingerprint density at radius 1 is 0.972 bits per heavy atom. The number of benzene rings is 3. The molecule has 0 saturated heterocycles. The highest BCUT2D eigenvalue weighted by atomic mass is 35.5. The minimum atomic E-state index is -3.98. The fourth-order valence-electron chi connectivity index (χ4n) is 3.71. The van der Waals surface area contributed by atoms with Crippen LogP contribution in [0.25, 0.3) is 10.8 Å². The summed E-state index contributed by atoms with van der Waals surface area (Å²) in [5, 5.41) is 5.15. The summed E-state index contributed by atoms with van der Waals surface area (Å²) >= 11 is 12.6. The van der Waals surface area contributed by atoms with E-state index in [0.29, 0.717) is 22.2 Å². The molecule has 0 aromatic heterocycles. The number of carbonyl (C=O) groups excluding carboxylic acids is 2. The first-order chi connectivity index (χ1) is 17.1. The summed E-state index contributed by atoms with van der Waals surface area (Å²) in [4.78, 5) is 27.5. The number of likely N-dealkylation sites (N-methyl/N-ethyl adjacent to an activating group) is 1. The smallest absolute Gasteiger partial charge is 0.243 e. The second kappa shape index (κ2) is 12.1. The largest absolute Gasteiger partial charge is 0.354 e. The minimum Gasteiger partial charge on any atom is -0.354 e. The minimum absolute atomic E-state index is 0.0537. The predicted molar refractivity (Wildman–Crippen MR) is 144 cm³/mol. The van der Waals surface area contributed by atoms with E-state index in [1.165, 1.54) is 18.0 Å². The average molecular weight is 551 g/mol. The van der Waals surface area contributed by atoms with Gasteiger partial charge in [0.15, 0.2) is 0 Å². The van der Waals surface area contributed by atoms with Crippen LogP contribution in [0.4, 0.5) is 0 Å². The van der Waals surface area contributed by atoms with Crippen LogP contribution in [0.5, 0.6) is 0 Å². The van der Waals surface area contributed by atoms with E-state index in [1.807, 2.05) is 31.2 Å². The van der Waals surface area contributed by atoms with Crippen LogP contribution in [-0.4, -0.2) is 55.6 Å². The molecule has 0 aliphatic rings. The molecule has 3 rings (SSSR count). The van der Waals surface area contributed by atoms with Gasteiger partial charge in [-0.3, -0.25) is 9.59 Å². The third kappa shape index (κ3) is 6.37. The number of nitrogens with zero attached hydrogens (tertiary/aromatic N) is 2. The molecule has 0 heterocycles. The standard InChI is InChI=1S/C26H29Cl2N3O4S/c1-4-14-29-26(33)18(2)31(16-22-23(27)10-7-11-24(22)28)25(32)17-30(3)36(34,35)21-13-12-19-8-5-6-9-20(19)15-21/h5-13,15,18H,4,14,16-17H2,1-3H3,(H,29,33)/t18-/m1/s1. The maximum Gasteiger partial charge on any atom is 0.243 e. The molecule has 36 heavy (non-hydrogen) atoms. The van der Waals surface area contributed by atoms with Crippen molar-refractivity contribution in [1.82, 2.24) is 14.5 Å². The van der Waals surface area contributed by atoms with Crippen LogP contribution in [0, 0.1) is 0 Å². The highest BCUT2D eigenvalue weighted by Gasteiger charge is 2.31. The second-order valence-corrected chi connectivity index (χ2v) is 11.3. The van der Waals surface area contributed by atoms with Crippen molar-refractivity contribution in [2.24, 2.45) is 0 Å². The van der Waals surface area contributed by atoms with Gasteiger partial charge in [0.2, 0.25) is 21.8 Å². The monoisotopic (exact) mass is 549 g/mol. The highest BCUT2D eigenvalue weighted by molar-refractivity contribution is 7.89. The number of carbonyl (C=O) groups is 2. The first kappa shape index (κ1) is 27.9. The molecule has 1 N–H and O–H groups in total. The lowest BCUT2D eigenvalue weighted by Crippen LogP contribution is -2.50. The zero-order chi connectivity index (χ0) is 26.5. The van der Waals surface area contributed by atoms with E-state index in [4.69, 9.17) is 23.2 Å². The maximum absolute atomic E-state index is 13.4. The molecule has 2 amide bonds. The molecule has 0 aliphatic carbocycles. The van der Waals surface area contributed by atoms with Crippen LogP contribution in [0.3, 0.4) is 0 Å². The summed E-state index contributed by atoms with van der Waals surface area (Å²) in [6.07, 6.45) is 0.732. The van der Waals surface area contributed by atoms with Gasteiger partial charge in [-0.15, -0.1) is 0 Å². The number of hydrogen-bond acceptors (Lipinski definition) is 4. The Morgan fingerprint density at radius 2 is 1.61 bits per heavy atom. The summed E-state index contributed by atoms with van der Waals surface area (Å²) in [7, 11) is -2.64. The lowest BCUT2D eigenvalue weighted by Gasteiger charge is -2.30. The molecule has 0 radical (unpaired) electrons. The first-order valence-corrected chi connectivity index (χ1v) is 13.7. The molecule has 1 atom stereocenters. The lowest BCUT2D eigenvalue weighted by atomic mass is 10.1. The molecule has 0 aliphatic heterocycles. The third-order valence-electron chi connectivity index (χ3n) is 5.89. The molecule has 0 saturated carbocycles. The zero-order valence-electron chi connectivity index (χ0n) is 20.4. The molecule has 192 valence electrons. The summed E-state index contributed by atoms with van der Waals surface area (Å²) in [5.74, 6) is -0.912. The van der Waals surface area contributed by atoms with E-state index in [-0.39, 0.29) is 17.3 Å². The fourth-order valence-corrected chi connectivity index (χ4v) is 5.38. The van der Waals surface area contributed by atoms with Gasteiger partial charge in [-0.25, -0.2) is 8.42 Å². The number of amides is 2. The number of halogens is 2. The average Bonchev–Trinajstić information content (AvgIpc) is 2.86. The van der Waals surface area contributed by atoms with Gasteiger partial charge < -0.3 is 10.2 Å². The Hall–Kier alpha value is -2.65. The van der Waals surface area contributed by atoms with E-state index in [0.717, 1.165) is 21.5 Å². The molecule has 10 heteroatoms. The van der Waals surface area contributed by atoms with E-state index in [1.54, 1.807) is 37.3 Å². The van der Waals surface area contributed by atoms with Crippen LogP contribution >= 0.6 is 23.2 Å². The molecule has 0 spiro atoms. The van der Waals surface area contributed by atoms with Crippen molar-refractivity contribution in [3.8, 4) is 0 Å². The van der Waals surface area contributed by atoms with Gasteiger partial charge in [0.25, 0.3) is 0 Å². The molecular weight excluding hydrogens is 521 g/mol. The topological polar surface area (TPSA) is 86.8 Å². The van der Waals surface area contributed by atoms with Crippen LogP contribution in [0.2, 0.25) is 10.0 Å². The van der Waals surface area contributed by atoms with Crippen molar-refractivity contribution in [1.29, 1.82) is 0 Å². The van der Waals surface area contributed by atoms with Crippen molar-refractivity contribution < 1.29 is 18.0 Å². The molecule has 3 aromatic carbocycles. The summed E-state index contributed by atoms with van der Waals surface area (Å²) in [6.45, 7) is 3.44. The van der Waals surface area contributed by atoms with E-state index in [9.17, 15) is 18.0 Å². The van der Waals surface area contributed by atoms with Crippen molar-refractivity contribution in [2.75, 3.05) is 20.1 Å². The molecular formula is C26H29Cl2N3O4S. The second-order valence-electron chi connectivity index (χ2n) is 8.46. The van der Waals surface area contributed by atoms with Crippen LogP contribution in [0.1, 0.15) is 25.8 Å². The van der Waals surface area contributed by atoms with Crippen LogP contribution < -0.4 is 5.32 Å². The fraction of sp³-hybridized carbons (Fsp3) is 0.308. The van der Waals surface area contributed by atoms with Gasteiger partial charge in [-0.05, 0) is 48.4 Å². The Morgan fingerprint density at radius 3 is 2.25 bits per heavy atom. The Bertz CT molecular complexity index is 1340. The number of rotatable bonds is 10. The van der Waals surface area contributed by atoms with E-state index >= 15 is 0 Å². The number of fused-ring (bicyclic) bond motifs is 1.